The summed E-state index contributed by atoms with van der Waals surface area (Å²) in [7, 11) is 1.21. The molecule has 2 aromatic carbocycles. The van der Waals surface area contributed by atoms with Crippen LogP contribution in [0.15, 0.2) is 36.4 Å². The molecule has 0 saturated carbocycles. The van der Waals surface area contributed by atoms with Crippen LogP contribution in [0, 0.1) is 0 Å². The Hall–Kier alpha value is -2.56. The third-order valence-electron chi connectivity index (χ3n) is 3.16. The average Bonchev–Trinajstić information content (AvgIpc) is 2.54. The van der Waals surface area contributed by atoms with Gasteiger partial charge in [0.1, 0.15) is 11.3 Å². The maximum Gasteiger partial charge on any atom is 0.513 e. The number of rotatable bonds is 5. The van der Waals surface area contributed by atoms with Crippen LogP contribution in [-0.4, -0.2) is 25.8 Å². The van der Waals surface area contributed by atoms with E-state index in [-0.39, 0.29) is 11.3 Å². The molecular weight excluding hydrogens is 284 g/mol. The molecule has 2 aromatic rings. The molecular formula is C17H18O5. The van der Waals surface area contributed by atoms with Crippen molar-refractivity contribution in [3.63, 3.8) is 0 Å². The minimum atomic E-state index is -0.877. The molecule has 22 heavy (non-hydrogen) atoms. The van der Waals surface area contributed by atoms with Gasteiger partial charge in [-0.1, -0.05) is 37.6 Å². The van der Waals surface area contributed by atoms with Crippen molar-refractivity contribution >= 4 is 22.9 Å². The largest absolute Gasteiger partial charge is 0.513 e. The highest BCUT2D eigenvalue weighted by molar-refractivity contribution is 5.99. The number of carbonyl (C=O) groups is 2. The van der Waals surface area contributed by atoms with E-state index in [1.165, 1.54) is 7.11 Å². The fourth-order valence-electron chi connectivity index (χ4n) is 1.98. The zero-order chi connectivity index (χ0) is 15.9. The summed E-state index contributed by atoms with van der Waals surface area (Å²) in [5, 5.41) is 1.72. The van der Waals surface area contributed by atoms with Gasteiger partial charge >= 0.3 is 12.1 Å². The van der Waals surface area contributed by atoms with Gasteiger partial charge in [0.05, 0.1) is 13.7 Å². The van der Waals surface area contributed by atoms with E-state index >= 15 is 0 Å². The summed E-state index contributed by atoms with van der Waals surface area (Å²) in [5.74, 6) is -0.384. The molecule has 0 radical (unpaired) electrons. The molecule has 0 bridgehead atoms. The van der Waals surface area contributed by atoms with E-state index < -0.39 is 12.1 Å². The van der Waals surface area contributed by atoms with E-state index in [1.807, 2.05) is 31.2 Å². The Morgan fingerprint density at radius 2 is 1.77 bits per heavy atom. The number of unbranched alkanes of at least 4 members (excludes halogenated alkanes) is 1. The predicted octanol–water partition coefficient (Wildman–Crippen LogP) is 3.94. The first kappa shape index (κ1) is 15.8. The Balaban J connectivity index is 2.37. The Kier molecular flexibility index (Phi) is 5.36. The van der Waals surface area contributed by atoms with Crippen LogP contribution in [0.3, 0.4) is 0 Å². The molecule has 0 aliphatic carbocycles. The smallest absolute Gasteiger partial charge is 0.462 e. The summed E-state index contributed by atoms with van der Waals surface area (Å²) >= 11 is 0. The first-order valence-corrected chi connectivity index (χ1v) is 7.11. The van der Waals surface area contributed by atoms with Crippen LogP contribution in [0.4, 0.5) is 4.79 Å². The van der Waals surface area contributed by atoms with Crippen molar-refractivity contribution in [3.8, 4) is 5.75 Å². The number of methoxy groups -OCH3 is 1. The lowest BCUT2D eigenvalue weighted by atomic mass is 10.1. The van der Waals surface area contributed by atoms with Crippen LogP contribution in [-0.2, 0) is 9.47 Å². The van der Waals surface area contributed by atoms with Gasteiger partial charge < -0.3 is 14.2 Å². The molecule has 0 spiro atoms. The van der Waals surface area contributed by atoms with E-state index in [0.29, 0.717) is 6.61 Å². The normalized spacial score (nSPS) is 10.3. The van der Waals surface area contributed by atoms with Crippen molar-refractivity contribution < 1.29 is 23.8 Å². The lowest BCUT2D eigenvalue weighted by Gasteiger charge is -2.11. The topological polar surface area (TPSA) is 61.8 Å². The molecule has 5 heteroatoms. The number of hydrogen-bond donors (Lipinski definition) is 0. The summed E-state index contributed by atoms with van der Waals surface area (Å²) in [6.07, 6.45) is 0.834. The number of hydrogen-bond acceptors (Lipinski definition) is 5. The predicted molar refractivity (Wildman–Crippen MR) is 82.2 cm³/mol. The molecule has 116 valence electrons. The maximum absolute atomic E-state index is 12.2. The molecule has 0 amide bonds. The fraction of sp³-hybridized carbons (Fsp3) is 0.294. The van der Waals surface area contributed by atoms with E-state index in [2.05, 4.69) is 4.74 Å². The summed E-state index contributed by atoms with van der Waals surface area (Å²) in [6, 6.07) is 10.8. The molecule has 2 rings (SSSR count). The van der Waals surface area contributed by atoms with Crippen molar-refractivity contribution in [2.45, 2.75) is 19.8 Å². The Morgan fingerprint density at radius 1 is 1.09 bits per heavy atom. The summed E-state index contributed by atoms with van der Waals surface area (Å²) < 4.78 is 14.8. The Labute approximate surface area is 128 Å². The van der Waals surface area contributed by atoms with Gasteiger partial charge in [-0.2, -0.15) is 0 Å². The first-order valence-electron chi connectivity index (χ1n) is 7.11. The van der Waals surface area contributed by atoms with Gasteiger partial charge in [0.2, 0.25) is 0 Å². The van der Waals surface area contributed by atoms with Crippen LogP contribution >= 0.6 is 0 Å². The average molecular weight is 302 g/mol. The highest BCUT2D eigenvalue weighted by Crippen LogP contribution is 2.27. The third kappa shape index (κ3) is 3.75. The van der Waals surface area contributed by atoms with Crippen LogP contribution < -0.4 is 4.74 Å². The third-order valence-corrected chi connectivity index (χ3v) is 3.16. The number of fused-ring (bicyclic) bond motifs is 1. The maximum atomic E-state index is 12.2. The monoisotopic (exact) mass is 302 g/mol. The first-order chi connectivity index (χ1) is 10.7. The molecule has 0 atom stereocenters. The minimum absolute atomic E-state index is 0.132. The summed E-state index contributed by atoms with van der Waals surface area (Å²) in [4.78, 5) is 23.6. The number of esters is 1. The second-order valence-corrected chi connectivity index (χ2v) is 4.74. The van der Waals surface area contributed by atoms with Gasteiger partial charge in [-0.25, -0.2) is 9.59 Å². The van der Waals surface area contributed by atoms with Crippen molar-refractivity contribution in [1.29, 1.82) is 0 Å². The molecule has 0 fully saturated rings. The van der Waals surface area contributed by atoms with Crippen LogP contribution in [0.2, 0.25) is 0 Å². The zero-order valence-electron chi connectivity index (χ0n) is 12.6. The SMILES string of the molecule is CCCCOC(=O)c1cc2ccccc2cc1OC(=O)OC. The molecule has 0 aromatic heterocycles. The minimum Gasteiger partial charge on any atom is -0.462 e. The molecule has 0 heterocycles. The second-order valence-electron chi connectivity index (χ2n) is 4.74. The van der Waals surface area contributed by atoms with Gasteiger partial charge in [-0.3, -0.25) is 0 Å². The Bertz CT molecular complexity index is 678. The van der Waals surface area contributed by atoms with Crippen molar-refractivity contribution in [2.24, 2.45) is 0 Å². The van der Waals surface area contributed by atoms with Crippen LogP contribution in [0.5, 0.6) is 5.75 Å². The molecule has 0 N–H and O–H groups in total. The Morgan fingerprint density at radius 3 is 2.41 bits per heavy atom. The molecule has 0 aliphatic heterocycles. The molecule has 0 unspecified atom stereocenters. The molecule has 0 saturated heterocycles. The van der Waals surface area contributed by atoms with Gasteiger partial charge in [0, 0.05) is 0 Å². The molecule has 5 nitrogen and oxygen atoms in total. The van der Waals surface area contributed by atoms with E-state index in [4.69, 9.17) is 9.47 Å². The van der Waals surface area contributed by atoms with Crippen LogP contribution in [0.25, 0.3) is 10.8 Å². The number of carbonyl (C=O) groups excluding carboxylic acids is 2. The lowest BCUT2D eigenvalue weighted by Crippen LogP contribution is -2.13. The lowest BCUT2D eigenvalue weighted by molar-refractivity contribution is 0.0495. The highest BCUT2D eigenvalue weighted by Gasteiger charge is 2.18. The molecule has 0 aliphatic rings. The number of ether oxygens (including phenoxy) is 3. The van der Waals surface area contributed by atoms with Crippen molar-refractivity contribution in [3.05, 3.63) is 42.0 Å². The summed E-state index contributed by atoms with van der Waals surface area (Å²) in [5.41, 5.74) is 0.209. The van der Waals surface area contributed by atoms with Crippen molar-refractivity contribution in [1.82, 2.24) is 0 Å². The van der Waals surface area contributed by atoms with Gasteiger partial charge in [-0.15, -0.1) is 0 Å². The fourth-order valence-corrected chi connectivity index (χ4v) is 1.98. The highest BCUT2D eigenvalue weighted by atomic mass is 16.7. The number of benzene rings is 2. The van der Waals surface area contributed by atoms with E-state index in [1.54, 1.807) is 12.1 Å². The standard InChI is InChI=1S/C17H18O5/c1-3-4-9-21-16(18)14-10-12-7-5-6-8-13(12)11-15(14)22-17(19)20-2/h5-8,10-11H,3-4,9H2,1-2H3. The van der Waals surface area contributed by atoms with Crippen LogP contribution in [0.1, 0.15) is 30.1 Å². The van der Waals surface area contributed by atoms with E-state index in [9.17, 15) is 9.59 Å². The summed E-state index contributed by atoms with van der Waals surface area (Å²) in [6.45, 7) is 2.34. The van der Waals surface area contributed by atoms with E-state index in [0.717, 1.165) is 23.6 Å². The van der Waals surface area contributed by atoms with Crippen molar-refractivity contribution in [2.75, 3.05) is 13.7 Å². The quantitative estimate of drug-likeness (QED) is 0.475. The second kappa shape index (κ2) is 7.45. The van der Waals surface area contributed by atoms with Gasteiger partial charge in [0.15, 0.2) is 0 Å². The van der Waals surface area contributed by atoms with Gasteiger partial charge in [-0.05, 0) is 29.3 Å². The zero-order valence-corrected chi connectivity index (χ0v) is 12.6. The van der Waals surface area contributed by atoms with Gasteiger partial charge in [0.25, 0.3) is 0 Å².